The van der Waals surface area contributed by atoms with Crippen molar-refractivity contribution in [1.29, 1.82) is 0 Å². The number of nitrogens with one attached hydrogen (secondary N) is 1. The molecule has 0 radical (unpaired) electrons. The van der Waals surface area contributed by atoms with Crippen LogP contribution in [-0.4, -0.2) is 15.8 Å². The Balaban J connectivity index is 1.83. The molecule has 0 saturated heterocycles. The predicted octanol–water partition coefficient (Wildman–Crippen LogP) is 6.39. The van der Waals surface area contributed by atoms with Crippen molar-refractivity contribution >= 4 is 29.2 Å². The summed E-state index contributed by atoms with van der Waals surface area (Å²) < 4.78 is 14.1. The average Bonchev–Trinajstić information content (AvgIpc) is 2.75. The van der Waals surface area contributed by atoms with Gasteiger partial charge >= 0.3 is 6.03 Å². The maximum absolute atomic E-state index is 14.1. The van der Waals surface area contributed by atoms with Crippen LogP contribution < -0.4 is 5.32 Å². The first-order valence-electron chi connectivity index (χ1n) is 9.61. The van der Waals surface area contributed by atoms with E-state index in [-0.39, 0.29) is 11.8 Å². The number of rotatable bonds is 7. The van der Waals surface area contributed by atoms with Gasteiger partial charge in [-0.1, -0.05) is 72.8 Å². The van der Waals surface area contributed by atoms with Gasteiger partial charge < -0.3 is 10.2 Å². The normalized spacial score (nSPS) is 11.9. The van der Waals surface area contributed by atoms with Gasteiger partial charge in [0.25, 0.3) is 0 Å². The van der Waals surface area contributed by atoms with Crippen molar-refractivity contribution in [2.24, 2.45) is 0 Å². The van der Waals surface area contributed by atoms with Gasteiger partial charge in [0.2, 0.25) is 0 Å². The van der Waals surface area contributed by atoms with Gasteiger partial charge in [0.05, 0.1) is 6.04 Å². The lowest BCUT2D eigenvalue weighted by Gasteiger charge is -2.28. The number of hydrogen-bond donors (Lipinski definition) is 1. The summed E-state index contributed by atoms with van der Waals surface area (Å²) in [6, 6.07) is 23.1. The first-order chi connectivity index (χ1) is 14.4. The van der Waals surface area contributed by atoms with Crippen LogP contribution >= 0.6 is 23.2 Å². The first-order valence-corrected chi connectivity index (χ1v) is 10.5. The summed E-state index contributed by atoms with van der Waals surface area (Å²) >= 11 is 12.3. The van der Waals surface area contributed by atoms with E-state index < -0.39 is 10.9 Å². The molecule has 0 aromatic heterocycles. The fourth-order valence-corrected chi connectivity index (χ4v) is 3.54. The van der Waals surface area contributed by atoms with Crippen LogP contribution in [0.3, 0.4) is 0 Å². The van der Waals surface area contributed by atoms with Crippen molar-refractivity contribution in [2.45, 2.75) is 30.9 Å². The highest BCUT2D eigenvalue weighted by molar-refractivity contribution is 6.44. The van der Waals surface area contributed by atoms with Crippen LogP contribution in [0.5, 0.6) is 0 Å². The van der Waals surface area contributed by atoms with E-state index in [0.29, 0.717) is 24.2 Å². The number of aryl methyl sites for hydroxylation is 1. The highest BCUT2D eigenvalue weighted by Crippen LogP contribution is 2.26. The molecular formula is C24H23Cl2FN2O. The summed E-state index contributed by atoms with van der Waals surface area (Å²) in [4.78, 5) is 13.9. The standard InChI is InChI=1S/C24H23Cl2FN2O/c1-17-12-13-20(14-21(17)27)22(23(25)26)28-24(30)29(15-18-8-4-2-5-9-18)16-19-10-6-3-7-11-19/h2-14,22-23H,15-16H2,1H3,(H,28,30)/t22-/m0/s1. The lowest BCUT2D eigenvalue weighted by atomic mass is 10.1. The number of halogens is 3. The van der Waals surface area contributed by atoms with E-state index in [2.05, 4.69) is 5.32 Å². The second-order valence-corrected chi connectivity index (χ2v) is 8.26. The second-order valence-electron chi connectivity index (χ2n) is 7.10. The van der Waals surface area contributed by atoms with Crippen molar-refractivity contribution in [3.63, 3.8) is 0 Å². The molecule has 6 heteroatoms. The number of carbonyl (C=O) groups excluding carboxylic acids is 1. The minimum Gasteiger partial charge on any atom is -0.328 e. The van der Waals surface area contributed by atoms with Gasteiger partial charge in [-0.05, 0) is 35.2 Å². The van der Waals surface area contributed by atoms with Gasteiger partial charge in [-0.2, -0.15) is 0 Å². The number of urea groups is 1. The van der Waals surface area contributed by atoms with Crippen LogP contribution in [0.25, 0.3) is 0 Å². The van der Waals surface area contributed by atoms with Gasteiger partial charge in [0.15, 0.2) is 0 Å². The van der Waals surface area contributed by atoms with E-state index in [9.17, 15) is 9.18 Å². The quantitative estimate of drug-likeness (QED) is 0.420. The number of hydrogen-bond acceptors (Lipinski definition) is 1. The third-order valence-electron chi connectivity index (χ3n) is 4.81. The zero-order chi connectivity index (χ0) is 21.5. The Hall–Kier alpha value is -2.56. The number of amides is 2. The van der Waals surface area contributed by atoms with E-state index in [1.165, 1.54) is 6.07 Å². The van der Waals surface area contributed by atoms with Gasteiger partial charge in [-0.15, -0.1) is 23.2 Å². The molecule has 0 unspecified atom stereocenters. The molecular weight excluding hydrogens is 422 g/mol. The molecule has 0 bridgehead atoms. The molecule has 0 fully saturated rings. The third-order valence-corrected chi connectivity index (χ3v) is 5.31. The smallest absolute Gasteiger partial charge is 0.318 e. The summed E-state index contributed by atoms with van der Waals surface area (Å²) in [6.07, 6.45) is 0. The van der Waals surface area contributed by atoms with E-state index in [1.807, 2.05) is 60.7 Å². The molecule has 1 N–H and O–H groups in total. The minimum absolute atomic E-state index is 0.333. The zero-order valence-corrected chi connectivity index (χ0v) is 18.1. The molecule has 3 rings (SSSR count). The van der Waals surface area contributed by atoms with Gasteiger partial charge in [-0.3, -0.25) is 0 Å². The fourth-order valence-electron chi connectivity index (χ4n) is 3.13. The van der Waals surface area contributed by atoms with Gasteiger partial charge in [0, 0.05) is 13.1 Å². The van der Waals surface area contributed by atoms with Gasteiger partial charge in [0.1, 0.15) is 10.7 Å². The molecule has 0 aliphatic rings. The Kier molecular flexibility index (Phi) is 7.72. The Morgan fingerprint density at radius 1 is 0.933 bits per heavy atom. The molecule has 0 saturated carbocycles. The summed E-state index contributed by atoms with van der Waals surface area (Å²) in [6.45, 7) is 2.49. The van der Waals surface area contributed by atoms with Crippen LogP contribution in [0, 0.1) is 12.7 Å². The Morgan fingerprint density at radius 3 is 1.93 bits per heavy atom. The van der Waals surface area contributed by atoms with Crippen molar-refractivity contribution < 1.29 is 9.18 Å². The number of carbonyl (C=O) groups is 1. The molecule has 1 atom stereocenters. The first kappa shape index (κ1) is 22.1. The molecule has 2 amide bonds. The van der Waals surface area contributed by atoms with E-state index in [4.69, 9.17) is 23.2 Å². The lowest BCUT2D eigenvalue weighted by molar-refractivity contribution is 0.188. The molecule has 0 aliphatic heterocycles. The highest BCUT2D eigenvalue weighted by atomic mass is 35.5. The molecule has 156 valence electrons. The van der Waals surface area contributed by atoms with Crippen LogP contribution in [0.1, 0.15) is 28.3 Å². The predicted molar refractivity (Wildman–Crippen MR) is 120 cm³/mol. The highest BCUT2D eigenvalue weighted by Gasteiger charge is 2.25. The Morgan fingerprint density at radius 2 is 1.47 bits per heavy atom. The maximum atomic E-state index is 14.1. The zero-order valence-electron chi connectivity index (χ0n) is 16.6. The summed E-state index contributed by atoms with van der Waals surface area (Å²) in [5.41, 5.74) is 3.02. The molecule has 3 aromatic carbocycles. The minimum atomic E-state index is -0.939. The van der Waals surface area contributed by atoms with Crippen molar-refractivity contribution in [3.05, 3.63) is 107 Å². The largest absolute Gasteiger partial charge is 0.328 e. The van der Waals surface area contributed by atoms with Crippen LogP contribution in [0.4, 0.5) is 9.18 Å². The topological polar surface area (TPSA) is 32.3 Å². The molecule has 0 aliphatic carbocycles. The Labute approximate surface area is 186 Å². The third kappa shape index (κ3) is 5.97. The van der Waals surface area contributed by atoms with E-state index in [1.54, 1.807) is 24.0 Å². The Bertz CT molecular complexity index is 926. The molecule has 0 spiro atoms. The number of alkyl halides is 2. The van der Waals surface area contributed by atoms with Crippen molar-refractivity contribution in [1.82, 2.24) is 10.2 Å². The van der Waals surface area contributed by atoms with Crippen molar-refractivity contribution in [2.75, 3.05) is 0 Å². The van der Waals surface area contributed by atoms with Crippen LogP contribution in [0.15, 0.2) is 78.9 Å². The summed E-state index contributed by atoms with van der Waals surface area (Å²) in [7, 11) is 0. The molecule has 3 nitrogen and oxygen atoms in total. The van der Waals surface area contributed by atoms with E-state index in [0.717, 1.165) is 11.1 Å². The number of benzene rings is 3. The summed E-state index contributed by atoms with van der Waals surface area (Å²) in [5, 5.41) is 2.88. The fraction of sp³-hybridized carbons (Fsp3) is 0.208. The maximum Gasteiger partial charge on any atom is 0.318 e. The molecule has 3 aromatic rings. The lowest BCUT2D eigenvalue weighted by Crippen LogP contribution is -2.42. The second kappa shape index (κ2) is 10.5. The van der Waals surface area contributed by atoms with E-state index >= 15 is 0 Å². The molecule has 0 heterocycles. The SMILES string of the molecule is Cc1ccc([C@H](NC(=O)N(Cc2ccccc2)Cc2ccccc2)C(Cl)Cl)cc1F. The van der Waals surface area contributed by atoms with Crippen LogP contribution in [0.2, 0.25) is 0 Å². The van der Waals surface area contributed by atoms with Gasteiger partial charge in [-0.25, -0.2) is 9.18 Å². The monoisotopic (exact) mass is 444 g/mol. The summed E-state index contributed by atoms with van der Waals surface area (Å²) in [5.74, 6) is -0.369. The number of nitrogens with zero attached hydrogens (tertiary/aromatic N) is 1. The average molecular weight is 445 g/mol. The van der Waals surface area contributed by atoms with Crippen molar-refractivity contribution in [3.8, 4) is 0 Å². The molecule has 30 heavy (non-hydrogen) atoms. The van der Waals surface area contributed by atoms with Crippen LogP contribution in [-0.2, 0) is 13.1 Å².